The molecular weight excluding hydrogens is 226 g/mol. The van der Waals surface area contributed by atoms with Gasteiger partial charge in [-0.1, -0.05) is 26.0 Å². The summed E-state index contributed by atoms with van der Waals surface area (Å²) in [5.41, 5.74) is 1.19. The lowest BCUT2D eigenvalue weighted by atomic mass is 10.1. The maximum atomic E-state index is 5.79. The van der Waals surface area contributed by atoms with Gasteiger partial charge in [0.05, 0.1) is 13.2 Å². The molecule has 0 spiro atoms. The standard InChI is InChI=1S/C15H23NO2/c1-12(2)7-8-16-11-13-5-3-6-14-15(13)18-10-4-9-17-14/h3,5-6,12,16H,4,7-11H2,1-2H3. The molecule has 0 radical (unpaired) electrons. The summed E-state index contributed by atoms with van der Waals surface area (Å²) in [7, 11) is 0. The van der Waals surface area contributed by atoms with Crippen LogP contribution in [0.1, 0.15) is 32.3 Å². The molecule has 1 aromatic carbocycles. The fourth-order valence-electron chi connectivity index (χ4n) is 2.01. The number of nitrogens with one attached hydrogen (secondary N) is 1. The van der Waals surface area contributed by atoms with Crippen LogP contribution in [0.2, 0.25) is 0 Å². The van der Waals surface area contributed by atoms with Crippen LogP contribution >= 0.6 is 0 Å². The van der Waals surface area contributed by atoms with Crippen molar-refractivity contribution in [3.8, 4) is 11.5 Å². The molecular formula is C15H23NO2. The van der Waals surface area contributed by atoms with Gasteiger partial charge in [-0.2, -0.15) is 0 Å². The Morgan fingerprint density at radius 3 is 2.89 bits per heavy atom. The minimum absolute atomic E-state index is 0.741. The second-order valence-corrected chi connectivity index (χ2v) is 5.15. The first-order valence-electron chi connectivity index (χ1n) is 6.85. The molecule has 0 aliphatic carbocycles. The lowest BCUT2D eigenvalue weighted by molar-refractivity contribution is 0.296. The van der Waals surface area contributed by atoms with Crippen LogP contribution in [0.3, 0.4) is 0 Å². The van der Waals surface area contributed by atoms with Gasteiger partial charge in [-0.25, -0.2) is 0 Å². The molecule has 0 saturated carbocycles. The monoisotopic (exact) mass is 249 g/mol. The Kier molecular flexibility index (Phi) is 4.88. The number of ether oxygens (including phenoxy) is 2. The Bertz CT molecular complexity index is 377. The van der Waals surface area contributed by atoms with E-state index < -0.39 is 0 Å². The van der Waals surface area contributed by atoms with E-state index in [1.165, 1.54) is 12.0 Å². The molecule has 1 N–H and O–H groups in total. The zero-order valence-corrected chi connectivity index (χ0v) is 11.4. The molecule has 0 saturated heterocycles. The lowest BCUT2D eigenvalue weighted by Gasteiger charge is -2.13. The van der Waals surface area contributed by atoms with Crippen molar-refractivity contribution < 1.29 is 9.47 Å². The number of para-hydroxylation sites is 1. The lowest BCUT2D eigenvalue weighted by Crippen LogP contribution is -2.17. The van der Waals surface area contributed by atoms with Gasteiger partial charge >= 0.3 is 0 Å². The van der Waals surface area contributed by atoms with E-state index in [-0.39, 0.29) is 0 Å². The number of hydrogen-bond donors (Lipinski definition) is 1. The number of benzene rings is 1. The van der Waals surface area contributed by atoms with Crippen molar-refractivity contribution >= 4 is 0 Å². The molecule has 0 bridgehead atoms. The molecule has 0 amide bonds. The summed E-state index contributed by atoms with van der Waals surface area (Å²) in [6.07, 6.45) is 2.15. The molecule has 1 heterocycles. The second kappa shape index (κ2) is 6.64. The van der Waals surface area contributed by atoms with Gasteiger partial charge in [-0.15, -0.1) is 0 Å². The topological polar surface area (TPSA) is 30.5 Å². The van der Waals surface area contributed by atoms with Gasteiger partial charge in [0.1, 0.15) is 0 Å². The van der Waals surface area contributed by atoms with Crippen LogP contribution in [0.5, 0.6) is 11.5 Å². The summed E-state index contributed by atoms with van der Waals surface area (Å²) in [6.45, 7) is 7.87. The van der Waals surface area contributed by atoms with Gasteiger partial charge in [-0.05, 0) is 24.9 Å². The Balaban J connectivity index is 1.95. The molecule has 18 heavy (non-hydrogen) atoms. The Hall–Kier alpha value is -1.22. The molecule has 3 nitrogen and oxygen atoms in total. The van der Waals surface area contributed by atoms with Crippen LogP contribution in [0, 0.1) is 5.92 Å². The molecule has 0 atom stereocenters. The molecule has 3 heteroatoms. The van der Waals surface area contributed by atoms with E-state index in [1.807, 2.05) is 12.1 Å². The minimum Gasteiger partial charge on any atom is -0.490 e. The van der Waals surface area contributed by atoms with Crippen molar-refractivity contribution in [3.05, 3.63) is 23.8 Å². The molecule has 1 aliphatic heterocycles. The van der Waals surface area contributed by atoms with Gasteiger partial charge in [0.2, 0.25) is 0 Å². The van der Waals surface area contributed by atoms with Gasteiger partial charge in [0.25, 0.3) is 0 Å². The molecule has 1 aromatic rings. The van der Waals surface area contributed by atoms with Crippen molar-refractivity contribution in [3.63, 3.8) is 0 Å². The summed E-state index contributed by atoms with van der Waals surface area (Å²) < 4.78 is 11.5. The van der Waals surface area contributed by atoms with Crippen molar-refractivity contribution in [2.24, 2.45) is 5.92 Å². The maximum absolute atomic E-state index is 5.79. The predicted molar refractivity (Wildman–Crippen MR) is 73.2 cm³/mol. The molecule has 100 valence electrons. The van der Waals surface area contributed by atoms with Crippen molar-refractivity contribution in [1.29, 1.82) is 0 Å². The van der Waals surface area contributed by atoms with Crippen molar-refractivity contribution in [2.45, 2.75) is 33.2 Å². The number of fused-ring (bicyclic) bond motifs is 1. The van der Waals surface area contributed by atoms with Crippen LogP contribution in [0.4, 0.5) is 0 Å². The Morgan fingerprint density at radius 1 is 1.22 bits per heavy atom. The van der Waals surface area contributed by atoms with E-state index in [4.69, 9.17) is 9.47 Å². The molecule has 0 fully saturated rings. The average molecular weight is 249 g/mol. The predicted octanol–water partition coefficient (Wildman–Crippen LogP) is 2.98. The van der Waals surface area contributed by atoms with Gasteiger partial charge < -0.3 is 14.8 Å². The van der Waals surface area contributed by atoms with Crippen LogP contribution in [-0.4, -0.2) is 19.8 Å². The fourth-order valence-corrected chi connectivity index (χ4v) is 2.01. The molecule has 2 rings (SSSR count). The highest BCUT2D eigenvalue weighted by Gasteiger charge is 2.13. The Labute approximate surface area is 109 Å². The van der Waals surface area contributed by atoms with Gasteiger partial charge in [-0.3, -0.25) is 0 Å². The van der Waals surface area contributed by atoms with Crippen molar-refractivity contribution in [1.82, 2.24) is 5.32 Å². The highest BCUT2D eigenvalue weighted by atomic mass is 16.5. The molecule has 0 aromatic heterocycles. The first-order valence-corrected chi connectivity index (χ1v) is 6.85. The summed E-state index contributed by atoms with van der Waals surface area (Å²) in [6, 6.07) is 6.13. The third kappa shape index (κ3) is 3.64. The highest BCUT2D eigenvalue weighted by molar-refractivity contribution is 5.46. The third-order valence-corrected chi connectivity index (χ3v) is 3.07. The summed E-state index contributed by atoms with van der Waals surface area (Å²) in [5, 5.41) is 3.47. The largest absolute Gasteiger partial charge is 0.490 e. The van der Waals surface area contributed by atoms with Crippen LogP contribution < -0.4 is 14.8 Å². The van der Waals surface area contributed by atoms with Crippen molar-refractivity contribution in [2.75, 3.05) is 19.8 Å². The third-order valence-electron chi connectivity index (χ3n) is 3.07. The SMILES string of the molecule is CC(C)CCNCc1cccc2c1OCCCO2. The molecule has 1 aliphatic rings. The van der Waals surface area contributed by atoms with E-state index in [0.29, 0.717) is 0 Å². The average Bonchev–Trinajstić information content (AvgIpc) is 2.60. The van der Waals surface area contributed by atoms with Gasteiger partial charge in [0.15, 0.2) is 11.5 Å². The zero-order valence-electron chi connectivity index (χ0n) is 11.4. The van der Waals surface area contributed by atoms with Crippen LogP contribution in [-0.2, 0) is 6.54 Å². The minimum atomic E-state index is 0.741. The quantitative estimate of drug-likeness (QED) is 0.814. The Morgan fingerprint density at radius 2 is 2.06 bits per heavy atom. The van der Waals surface area contributed by atoms with Crippen LogP contribution in [0.15, 0.2) is 18.2 Å². The molecule has 0 unspecified atom stereocenters. The van der Waals surface area contributed by atoms with E-state index in [9.17, 15) is 0 Å². The highest BCUT2D eigenvalue weighted by Crippen LogP contribution is 2.33. The van der Waals surface area contributed by atoms with E-state index in [2.05, 4.69) is 25.2 Å². The summed E-state index contributed by atoms with van der Waals surface area (Å²) >= 11 is 0. The second-order valence-electron chi connectivity index (χ2n) is 5.15. The van der Waals surface area contributed by atoms with E-state index >= 15 is 0 Å². The zero-order chi connectivity index (χ0) is 12.8. The first kappa shape index (κ1) is 13.2. The normalized spacial score (nSPS) is 14.6. The van der Waals surface area contributed by atoms with E-state index in [1.54, 1.807) is 0 Å². The van der Waals surface area contributed by atoms with E-state index in [0.717, 1.165) is 50.1 Å². The first-order chi connectivity index (χ1) is 8.77. The number of hydrogen-bond acceptors (Lipinski definition) is 3. The summed E-state index contributed by atoms with van der Waals surface area (Å²) in [5.74, 6) is 2.55. The van der Waals surface area contributed by atoms with Crippen LogP contribution in [0.25, 0.3) is 0 Å². The number of rotatable bonds is 5. The fraction of sp³-hybridized carbons (Fsp3) is 0.600. The smallest absolute Gasteiger partial charge is 0.165 e. The maximum Gasteiger partial charge on any atom is 0.165 e. The van der Waals surface area contributed by atoms with Gasteiger partial charge in [0, 0.05) is 18.5 Å². The summed E-state index contributed by atoms with van der Waals surface area (Å²) in [4.78, 5) is 0.